The summed E-state index contributed by atoms with van der Waals surface area (Å²) in [5.74, 6) is 1.06. The van der Waals surface area contributed by atoms with Gasteiger partial charge >= 0.3 is 0 Å². The fraction of sp³-hybridized carbons (Fsp3) is 0.333. The standard InChI is InChI=1S/C15H19NOS/c1-12-5-3-4-6-15(12)18-11-14(16-2)9-13-7-8-17-10-13/h3-8,10,14,16H,9,11H2,1-2H3. The minimum atomic E-state index is 0.465. The molecule has 18 heavy (non-hydrogen) atoms. The first-order chi connectivity index (χ1) is 8.79. The van der Waals surface area contributed by atoms with Crippen molar-refractivity contribution in [2.24, 2.45) is 0 Å². The molecule has 0 amide bonds. The molecule has 3 heteroatoms. The molecule has 0 spiro atoms. The highest BCUT2D eigenvalue weighted by Gasteiger charge is 2.09. The Labute approximate surface area is 113 Å². The van der Waals surface area contributed by atoms with Gasteiger partial charge in [-0.3, -0.25) is 0 Å². The van der Waals surface area contributed by atoms with Gasteiger partial charge in [-0.15, -0.1) is 11.8 Å². The predicted molar refractivity (Wildman–Crippen MR) is 77.2 cm³/mol. The van der Waals surface area contributed by atoms with Crippen molar-refractivity contribution in [1.82, 2.24) is 5.32 Å². The molecule has 0 aliphatic heterocycles. The first-order valence-electron chi connectivity index (χ1n) is 6.16. The predicted octanol–water partition coefficient (Wildman–Crippen LogP) is 3.51. The van der Waals surface area contributed by atoms with Gasteiger partial charge in [0.25, 0.3) is 0 Å². The monoisotopic (exact) mass is 261 g/mol. The summed E-state index contributed by atoms with van der Waals surface area (Å²) in [6.45, 7) is 2.16. The molecule has 1 unspecified atom stereocenters. The molecule has 1 aromatic carbocycles. The van der Waals surface area contributed by atoms with Gasteiger partial charge in [0, 0.05) is 16.7 Å². The zero-order valence-corrected chi connectivity index (χ0v) is 11.7. The molecule has 2 rings (SSSR count). The van der Waals surface area contributed by atoms with Crippen molar-refractivity contribution in [1.29, 1.82) is 0 Å². The molecule has 0 saturated heterocycles. The summed E-state index contributed by atoms with van der Waals surface area (Å²) >= 11 is 1.91. The van der Waals surface area contributed by atoms with Crippen molar-refractivity contribution in [3.8, 4) is 0 Å². The van der Waals surface area contributed by atoms with Gasteiger partial charge in [0.05, 0.1) is 12.5 Å². The normalized spacial score (nSPS) is 12.6. The van der Waals surface area contributed by atoms with Gasteiger partial charge in [-0.2, -0.15) is 0 Å². The maximum absolute atomic E-state index is 5.11. The third-order valence-electron chi connectivity index (χ3n) is 3.00. The smallest absolute Gasteiger partial charge is 0.0935 e. The zero-order chi connectivity index (χ0) is 12.8. The number of aryl methyl sites for hydroxylation is 1. The van der Waals surface area contributed by atoms with Gasteiger partial charge in [0.2, 0.25) is 0 Å². The van der Waals surface area contributed by atoms with Crippen LogP contribution in [-0.4, -0.2) is 18.8 Å². The van der Waals surface area contributed by atoms with E-state index in [2.05, 4.69) is 36.5 Å². The lowest BCUT2D eigenvalue weighted by Crippen LogP contribution is -2.29. The molecule has 2 aromatic rings. The van der Waals surface area contributed by atoms with Crippen LogP contribution in [0.4, 0.5) is 0 Å². The van der Waals surface area contributed by atoms with Gasteiger partial charge in [-0.05, 0) is 43.7 Å². The Bertz CT molecular complexity index is 467. The SMILES string of the molecule is CNC(CSc1ccccc1C)Cc1ccoc1. The van der Waals surface area contributed by atoms with Gasteiger partial charge in [0.15, 0.2) is 0 Å². The van der Waals surface area contributed by atoms with Crippen LogP contribution in [0.15, 0.2) is 52.2 Å². The van der Waals surface area contributed by atoms with Crippen LogP contribution in [0, 0.1) is 6.92 Å². The highest BCUT2D eigenvalue weighted by molar-refractivity contribution is 7.99. The summed E-state index contributed by atoms with van der Waals surface area (Å²) in [5.41, 5.74) is 2.60. The molecule has 0 aliphatic carbocycles. The van der Waals surface area contributed by atoms with E-state index in [1.165, 1.54) is 16.0 Å². The van der Waals surface area contributed by atoms with Gasteiger partial charge in [0.1, 0.15) is 0 Å². The first-order valence-corrected chi connectivity index (χ1v) is 7.15. The fourth-order valence-corrected chi connectivity index (χ4v) is 2.98. The number of rotatable bonds is 6. The van der Waals surface area contributed by atoms with Crippen LogP contribution in [-0.2, 0) is 6.42 Å². The lowest BCUT2D eigenvalue weighted by molar-refractivity contribution is 0.556. The molecule has 1 N–H and O–H groups in total. The second-order valence-electron chi connectivity index (χ2n) is 4.40. The zero-order valence-electron chi connectivity index (χ0n) is 10.8. The summed E-state index contributed by atoms with van der Waals surface area (Å²) in [5, 5.41) is 3.37. The topological polar surface area (TPSA) is 25.2 Å². The third kappa shape index (κ3) is 3.65. The second kappa shape index (κ2) is 6.66. The highest BCUT2D eigenvalue weighted by atomic mass is 32.2. The molecule has 2 nitrogen and oxygen atoms in total. The van der Waals surface area contributed by atoms with E-state index in [4.69, 9.17) is 4.42 Å². The molecule has 0 aliphatic rings. The maximum Gasteiger partial charge on any atom is 0.0935 e. The molecule has 1 aromatic heterocycles. The summed E-state index contributed by atoms with van der Waals surface area (Å²) < 4.78 is 5.11. The van der Waals surface area contributed by atoms with E-state index in [0.717, 1.165) is 12.2 Å². The van der Waals surface area contributed by atoms with Crippen molar-refractivity contribution >= 4 is 11.8 Å². The minimum absolute atomic E-state index is 0.465. The summed E-state index contributed by atoms with van der Waals surface area (Å²) in [7, 11) is 2.02. The van der Waals surface area contributed by atoms with Crippen LogP contribution >= 0.6 is 11.8 Å². The quantitative estimate of drug-likeness (QED) is 0.806. The fourth-order valence-electron chi connectivity index (χ4n) is 1.85. The molecule has 0 saturated carbocycles. The Balaban J connectivity index is 1.89. The Hall–Kier alpha value is -1.19. The second-order valence-corrected chi connectivity index (χ2v) is 5.46. The van der Waals surface area contributed by atoms with E-state index in [9.17, 15) is 0 Å². The molecule has 1 atom stereocenters. The van der Waals surface area contributed by atoms with E-state index >= 15 is 0 Å². The van der Waals surface area contributed by atoms with Crippen molar-refractivity contribution in [2.45, 2.75) is 24.3 Å². The summed E-state index contributed by atoms with van der Waals surface area (Å²) in [6, 6.07) is 11.0. The van der Waals surface area contributed by atoms with Crippen molar-refractivity contribution in [2.75, 3.05) is 12.8 Å². The first kappa shape index (κ1) is 13.2. The van der Waals surface area contributed by atoms with Gasteiger partial charge in [-0.1, -0.05) is 18.2 Å². The third-order valence-corrected chi connectivity index (χ3v) is 4.34. The minimum Gasteiger partial charge on any atom is -0.472 e. The van der Waals surface area contributed by atoms with Crippen LogP contribution in [0.1, 0.15) is 11.1 Å². The van der Waals surface area contributed by atoms with Crippen molar-refractivity contribution < 1.29 is 4.42 Å². The molecular formula is C15H19NOS. The van der Waals surface area contributed by atoms with E-state index in [0.29, 0.717) is 6.04 Å². The number of hydrogen-bond donors (Lipinski definition) is 1. The van der Waals surface area contributed by atoms with E-state index in [1.807, 2.05) is 31.1 Å². The van der Waals surface area contributed by atoms with Gasteiger partial charge in [-0.25, -0.2) is 0 Å². The Morgan fingerprint density at radius 1 is 1.28 bits per heavy atom. The molecule has 0 radical (unpaired) electrons. The summed E-state index contributed by atoms with van der Waals surface area (Å²) in [6.07, 6.45) is 4.56. The lowest BCUT2D eigenvalue weighted by Gasteiger charge is -2.15. The van der Waals surface area contributed by atoms with E-state index < -0.39 is 0 Å². The maximum atomic E-state index is 5.11. The number of benzene rings is 1. The van der Waals surface area contributed by atoms with Crippen molar-refractivity contribution in [3.63, 3.8) is 0 Å². The van der Waals surface area contributed by atoms with Crippen LogP contribution in [0.3, 0.4) is 0 Å². The number of nitrogens with one attached hydrogen (secondary N) is 1. The number of thioether (sulfide) groups is 1. The highest BCUT2D eigenvalue weighted by Crippen LogP contribution is 2.23. The average molecular weight is 261 g/mol. The van der Waals surface area contributed by atoms with E-state index in [-0.39, 0.29) is 0 Å². The lowest BCUT2D eigenvalue weighted by atomic mass is 10.1. The average Bonchev–Trinajstić information content (AvgIpc) is 2.89. The van der Waals surface area contributed by atoms with Crippen LogP contribution in [0.2, 0.25) is 0 Å². The number of furan rings is 1. The van der Waals surface area contributed by atoms with Crippen molar-refractivity contribution in [3.05, 3.63) is 54.0 Å². The van der Waals surface area contributed by atoms with Gasteiger partial charge < -0.3 is 9.73 Å². The Morgan fingerprint density at radius 2 is 2.11 bits per heavy atom. The molecular weight excluding hydrogens is 242 g/mol. The van der Waals surface area contributed by atoms with E-state index in [1.54, 1.807) is 6.26 Å². The number of likely N-dealkylation sites (N-methyl/N-ethyl adjacent to an activating group) is 1. The van der Waals surface area contributed by atoms with Crippen LogP contribution < -0.4 is 5.32 Å². The Morgan fingerprint density at radius 3 is 2.78 bits per heavy atom. The largest absolute Gasteiger partial charge is 0.472 e. The number of hydrogen-bond acceptors (Lipinski definition) is 3. The van der Waals surface area contributed by atoms with Crippen LogP contribution in [0.5, 0.6) is 0 Å². The molecule has 1 heterocycles. The Kier molecular flexibility index (Phi) is 4.90. The molecule has 96 valence electrons. The summed E-state index contributed by atoms with van der Waals surface area (Å²) in [4.78, 5) is 1.37. The molecule has 0 bridgehead atoms. The molecule has 0 fully saturated rings. The van der Waals surface area contributed by atoms with Crippen LogP contribution in [0.25, 0.3) is 0 Å².